The van der Waals surface area contributed by atoms with Crippen LogP contribution in [-0.4, -0.2) is 31.8 Å². The lowest BCUT2D eigenvalue weighted by molar-refractivity contribution is -0.696. The molecule has 0 aliphatic rings. The van der Waals surface area contributed by atoms with Crippen LogP contribution in [0.3, 0.4) is 0 Å². The van der Waals surface area contributed by atoms with Gasteiger partial charge in [-0.3, -0.25) is 4.55 Å². The number of rotatable bonds is 11. The maximum Gasteiger partial charge on any atom is 0.265 e. The van der Waals surface area contributed by atoms with Gasteiger partial charge < -0.3 is 4.90 Å². The number of hydrogen-bond donors (Lipinski definition) is 1. The molecule has 0 saturated carbocycles. The van der Waals surface area contributed by atoms with Gasteiger partial charge in [0.25, 0.3) is 10.1 Å². The summed E-state index contributed by atoms with van der Waals surface area (Å²) in [5.74, 6) is 6.15. The van der Waals surface area contributed by atoms with Gasteiger partial charge in [-0.1, -0.05) is 38.5 Å². The zero-order valence-corrected chi connectivity index (χ0v) is 18.9. The van der Waals surface area contributed by atoms with E-state index in [-0.39, 0.29) is 5.75 Å². The van der Waals surface area contributed by atoms with Gasteiger partial charge in [0, 0.05) is 48.5 Å². The van der Waals surface area contributed by atoms with Crippen molar-refractivity contribution in [3.05, 3.63) is 59.9 Å². The fourth-order valence-electron chi connectivity index (χ4n) is 3.09. The lowest BCUT2D eigenvalue weighted by atomic mass is 10.1. The molecule has 0 fully saturated rings. The topological polar surface area (TPSA) is 61.5 Å². The zero-order valence-electron chi connectivity index (χ0n) is 18.0. The third kappa shape index (κ3) is 8.98. The molecule has 0 amide bonds. The Balaban J connectivity index is 1.97. The lowest BCUT2D eigenvalue weighted by Gasteiger charge is -2.24. The van der Waals surface area contributed by atoms with E-state index in [2.05, 4.69) is 54.9 Å². The summed E-state index contributed by atoms with van der Waals surface area (Å²) in [6.07, 6.45) is 8.92. The predicted molar refractivity (Wildman–Crippen MR) is 122 cm³/mol. The first-order valence-corrected chi connectivity index (χ1v) is 12.3. The summed E-state index contributed by atoms with van der Waals surface area (Å²) in [5, 5.41) is 0. The summed E-state index contributed by atoms with van der Waals surface area (Å²) in [6, 6.07) is 12.3. The third-order valence-corrected chi connectivity index (χ3v) is 5.66. The summed E-state index contributed by atoms with van der Waals surface area (Å²) in [6.45, 7) is 7.16. The molecule has 0 bridgehead atoms. The Morgan fingerprint density at radius 2 is 1.40 bits per heavy atom. The average Bonchev–Trinajstić information content (AvgIpc) is 2.73. The van der Waals surface area contributed by atoms with Crippen LogP contribution in [0.2, 0.25) is 0 Å². The van der Waals surface area contributed by atoms with Crippen LogP contribution in [0.5, 0.6) is 0 Å². The van der Waals surface area contributed by atoms with Crippen LogP contribution in [-0.2, 0) is 16.7 Å². The summed E-state index contributed by atoms with van der Waals surface area (Å²) in [4.78, 5) is 2.46. The molecule has 6 heteroatoms. The highest BCUT2D eigenvalue weighted by molar-refractivity contribution is 7.85. The van der Waals surface area contributed by atoms with Crippen LogP contribution in [0.25, 0.3) is 0 Å². The number of hydrogen-bond acceptors (Lipinski definition) is 3. The third-order valence-electron chi connectivity index (χ3n) is 4.86. The van der Waals surface area contributed by atoms with E-state index in [0.29, 0.717) is 13.0 Å². The minimum Gasteiger partial charge on any atom is -0.372 e. The molecule has 0 aliphatic heterocycles. The molecule has 1 heterocycles. The number of aryl methyl sites for hydroxylation is 1. The van der Waals surface area contributed by atoms with Crippen molar-refractivity contribution in [2.24, 2.45) is 0 Å². The highest BCUT2D eigenvalue weighted by Gasteiger charge is 2.07. The van der Waals surface area contributed by atoms with E-state index in [1.165, 1.54) is 31.4 Å². The van der Waals surface area contributed by atoms with E-state index in [0.717, 1.165) is 24.2 Å². The number of unbranched alkanes of at least 4 members (excludes halogenated alkanes) is 2. The molecule has 5 nitrogen and oxygen atoms in total. The van der Waals surface area contributed by atoms with Crippen molar-refractivity contribution in [3.8, 4) is 11.8 Å². The molecule has 0 saturated heterocycles. The van der Waals surface area contributed by atoms with Crippen LogP contribution >= 0.6 is 0 Å². The monoisotopic (exact) mass is 429 g/mol. The molecule has 30 heavy (non-hydrogen) atoms. The van der Waals surface area contributed by atoms with E-state index in [4.69, 9.17) is 4.55 Å². The van der Waals surface area contributed by atoms with Crippen molar-refractivity contribution >= 4 is 15.8 Å². The quantitative estimate of drug-likeness (QED) is 0.332. The zero-order chi connectivity index (χ0) is 21.8. The van der Waals surface area contributed by atoms with Gasteiger partial charge in [-0.2, -0.15) is 8.42 Å². The Bertz CT molecular complexity index is 919. The van der Waals surface area contributed by atoms with Crippen molar-refractivity contribution in [1.29, 1.82) is 0 Å². The van der Waals surface area contributed by atoms with Gasteiger partial charge in [-0.05, 0) is 37.1 Å². The molecule has 1 aromatic heterocycles. The van der Waals surface area contributed by atoms with Gasteiger partial charge in [0.1, 0.15) is 6.54 Å². The normalized spacial score (nSPS) is 11.0. The van der Waals surface area contributed by atoms with Crippen molar-refractivity contribution in [3.63, 3.8) is 0 Å². The molecule has 0 unspecified atom stereocenters. The molecule has 2 aromatic rings. The largest absolute Gasteiger partial charge is 0.372 e. The molecule has 0 spiro atoms. The molecule has 1 aromatic carbocycles. The average molecular weight is 430 g/mol. The molecule has 0 radical (unpaired) electrons. The summed E-state index contributed by atoms with van der Waals surface area (Å²) in [5.41, 5.74) is 3.14. The van der Waals surface area contributed by atoms with Crippen LogP contribution in [0.4, 0.5) is 5.69 Å². The van der Waals surface area contributed by atoms with Crippen molar-refractivity contribution in [2.75, 3.05) is 23.7 Å². The molecule has 0 atom stereocenters. The van der Waals surface area contributed by atoms with Crippen molar-refractivity contribution in [1.82, 2.24) is 0 Å². The first-order valence-electron chi connectivity index (χ1n) is 10.7. The highest BCUT2D eigenvalue weighted by atomic mass is 32.2. The van der Waals surface area contributed by atoms with Crippen molar-refractivity contribution in [2.45, 2.75) is 52.5 Å². The number of nitrogens with zero attached hydrogens (tertiary/aromatic N) is 2. The Kier molecular flexibility index (Phi) is 9.85. The second-order valence-corrected chi connectivity index (χ2v) is 9.03. The first-order chi connectivity index (χ1) is 14.4. The number of aromatic nitrogens is 1. The smallest absolute Gasteiger partial charge is 0.265 e. The minimum absolute atomic E-state index is 0.230. The van der Waals surface area contributed by atoms with Crippen LogP contribution in [0.15, 0.2) is 48.8 Å². The molecule has 1 N–H and O–H groups in total. The fraction of sp³-hybridized carbons (Fsp3) is 0.458. The summed E-state index contributed by atoms with van der Waals surface area (Å²) < 4.78 is 32.2. The fourth-order valence-corrected chi connectivity index (χ4v) is 3.58. The van der Waals surface area contributed by atoms with Gasteiger partial charge >= 0.3 is 0 Å². The minimum atomic E-state index is -3.90. The SMILES string of the molecule is CCCCN(CCCC)c1ccc(C#Cc2cc[n+](CCCS(=O)(=O)O)cc2)cc1. The van der Waals surface area contributed by atoms with Gasteiger partial charge in [-0.15, -0.1) is 0 Å². The second kappa shape index (κ2) is 12.4. The Labute approximate surface area is 181 Å². The van der Waals surface area contributed by atoms with Gasteiger partial charge in [0.2, 0.25) is 0 Å². The maximum atomic E-state index is 10.8. The van der Waals surface area contributed by atoms with Crippen LogP contribution in [0, 0.1) is 11.8 Å². The Hall–Kier alpha value is -2.36. The molecule has 2 rings (SSSR count). The van der Waals surface area contributed by atoms with E-state index < -0.39 is 10.1 Å². The first kappa shape index (κ1) is 23.9. The van der Waals surface area contributed by atoms with Crippen LogP contribution in [0.1, 0.15) is 57.1 Å². The van der Waals surface area contributed by atoms with Gasteiger partial charge in [0.05, 0.1) is 5.75 Å². The number of anilines is 1. The molecule has 0 aliphatic carbocycles. The maximum absolute atomic E-state index is 10.8. The van der Waals surface area contributed by atoms with E-state index in [9.17, 15) is 8.42 Å². The van der Waals surface area contributed by atoms with Crippen LogP contribution < -0.4 is 9.47 Å². The molecular formula is C24H33N2O3S+. The van der Waals surface area contributed by atoms with Gasteiger partial charge in [0.15, 0.2) is 12.4 Å². The Morgan fingerprint density at radius 3 is 1.90 bits per heavy atom. The second-order valence-electron chi connectivity index (χ2n) is 7.46. The summed E-state index contributed by atoms with van der Waals surface area (Å²) in [7, 11) is -3.90. The number of benzene rings is 1. The summed E-state index contributed by atoms with van der Waals surface area (Å²) >= 11 is 0. The highest BCUT2D eigenvalue weighted by Crippen LogP contribution is 2.17. The Morgan fingerprint density at radius 1 is 0.867 bits per heavy atom. The van der Waals surface area contributed by atoms with E-state index in [1.807, 2.05) is 29.1 Å². The van der Waals surface area contributed by atoms with Gasteiger partial charge in [-0.25, -0.2) is 4.57 Å². The number of pyridine rings is 1. The van der Waals surface area contributed by atoms with Crippen molar-refractivity contribution < 1.29 is 17.5 Å². The lowest BCUT2D eigenvalue weighted by Crippen LogP contribution is -2.33. The van der Waals surface area contributed by atoms with E-state index >= 15 is 0 Å². The standard InChI is InChI=1S/C24H32N2O3S/c1-3-5-17-26(18-6-4-2)24-12-10-22(11-13-24)8-9-23-14-19-25(20-15-23)16-7-21-30(27,28)29/h10-15,19-20H,3-7,16-18,21H2,1-2H3/p+1. The molecule has 162 valence electrons. The predicted octanol–water partition coefficient (Wildman–Crippen LogP) is 4.06. The molecular weight excluding hydrogens is 396 g/mol. The van der Waals surface area contributed by atoms with E-state index in [1.54, 1.807) is 0 Å².